The largest absolute Gasteiger partial charge is 0.481 e. The summed E-state index contributed by atoms with van der Waals surface area (Å²) in [6, 6.07) is 0.903. The first-order chi connectivity index (χ1) is 35.1. The van der Waals surface area contributed by atoms with E-state index in [1.54, 1.807) is 27.7 Å². The molecular formula is C49H66F3N11O12. The summed E-state index contributed by atoms with van der Waals surface area (Å²) in [4.78, 5) is 116. The van der Waals surface area contributed by atoms with E-state index in [0.717, 1.165) is 12.1 Å². The number of halogens is 3. The van der Waals surface area contributed by atoms with E-state index in [1.165, 1.54) is 51.1 Å². The maximum absolute atomic E-state index is 13.9. The smallest absolute Gasteiger partial charge is 0.416 e. The number of nitrogens with two attached hydrogens (primary N) is 1. The molecule has 410 valence electrons. The van der Waals surface area contributed by atoms with Gasteiger partial charge in [-0.2, -0.15) is 13.2 Å². The first-order valence-electron chi connectivity index (χ1n) is 24.2. The predicted molar refractivity (Wildman–Crippen MR) is 263 cm³/mol. The van der Waals surface area contributed by atoms with Crippen molar-refractivity contribution in [2.75, 3.05) is 6.54 Å². The Bertz CT molecular complexity index is 2500. The van der Waals surface area contributed by atoms with Crippen LogP contribution in [0.5, 0.6) is 0 Å². The summed E-state index contributed by atoms with van der Waals surface area (Å²) in [6.07, 6.45) is -5.38. The molecule has 26 heteroatoms. The number of hydrogen-bond donors (Lipinski definition) is 10. The third-order valence-electron chi connectivity index (χ3n) is 11.8. The number of hydrogen-bond acceptors (Lipinski definition) is 14. The molecule has 3 aromatic rings. The van der Waals surface area contributed by atoms with Crippen LogP contribution in [0, 0.1) is 24.7 Å². The number of carboxylic acid groups (broad SMARTS) is 3. The van der Waals surface area contributed by atoms with Crippen LogP contribution in [-0.2, 0) is 44.5 Å². The molecule has 0 saturated heterocycles. The Balaban J connectivity index is 1.60. The van der Waals surface area contributed by atoms with E-state index in [4.69, 9.17) is 5.73 Å². The highest BCUT2D eigenvalue weighted by molar-refractivity contribution is 5.97. The topological polar surface area (TPSA) is 364 Å². The van der Waals surface area contributed by atoms with Gasteiger partial charge in [0.1, 0.15) is 30.2 Å². The van der Waals surface area contributed by atoms with Crippen molar-refractivity contribution < 1.29 is 71.6 Å². The highest BCUT2D eigenvalue weighted by Gasteiger charge is 2.36. The molecule has 0 bridgehead atoms. The molecule has 0 aliphatic heterocycles. The van der Waals surface area contributed by atoms with Crippen molar-refractivity contribution in [2.24, 2.45) is 23.5 Å². The highest BCUT2D eigenvalue weighted by Crippen LogP contribution is 2.32. The lowest BCUT2D eigenvalue weighted by atomic mass is 9.96. The summed E-state index contributed by atoms with van der Waals surface area (Å²) in [5, 5.41) is 59.2. The number of carbonyl (C=O) groups excluding carboxylic acids is 6. The molecule has 0 aliphatic rings. The number of carbonyl (C=O) groups is 9. The van der Waals surface area contributed by atoms with Gasteiger partial charge in [0.05, 0.1) is 18.0 Å². The number of alkyl halides is 3. The summed E-state index contributed by atoms with van der Waals surface area (Å²) < 4.78 is 39.9. The SMILES string of the molecule is CCC(C)C(NC(=O)C(CCC(=O)O)NC(=O)C(N)CCCCNC(=O)c1ccc(-c2nnc(-c3cc(C)cc(C(F)(F)F)c3)nn2)cc1)C(=O)NC(CC(C)C)C(=O)NC(CC(=O)O)C(=O)NC(C(=O)O)C(C)C. The van der Waals surface area contributed by atoms with Gasteiger partial charge in [-0.1, -0.05) is 60.1 Å². The summed E-state index contributed by atoms with van der Waals surface area (Å²) in [7, 11) is 0. The molecule has 0 aliphatic carbocycles. The molecule has 0 radical (unpaired) electrons. The minimum absolute atomic E-state index is 0.0230. The predicted octanol–water partition coefficient (Wildman–Crippen LogP) is 2.75. The molecule has 7 atom stereocenters. The number of amides is 6. The molecule has 0 saturated carbocycles. The van der Waals surface area contributed by atoms with Crippen LogP contribution in [0.4, 0.5) is 13.2 Å². The van der Waals surface area contributed by atoms with Crippen molar-refractivity contribution in [3.8, 4) is 22.8 Å². The second kappa shape index (κ2) is 28.7. The monoisotopic (exact) mass is 1060 g/mol. The number of aliphatic carboxylic acids is 3. The van der Waals surface area contributed by atoms with Crippen LogP contribution >= 0.6 is 0 Å². The van der Waals surface area contributed by atoms with Crippen LogP contribution in [0.25, 0.3) is 22.8 Å². The average Bonchev–Trinajstić information content (AvgIpc) is 3.33. The van der Waals surface area contributed by atoms with Gasteiger partial charge in [-0.05, 0) is 92.7 Å². The Morgan fingerprint density at radius 2 is 1.19 bits per heavy atom. The Kier molecular flexibility index (Phi) is 23.6. The lowest BCUT2D eigenvalue weighted by molar-refractivity contribution is -0.144. The summed E-state index contributed by atoms with van der Waals surface area (Å²) in [6.45, 7) is 11.5. The van der Waals surface area contributed by atoms with Crippen molar-refractivity contribution in [2.45, 2.75) is 142 Å². The van der Waals surface area contributed by atoms with Gasteiger partial charge >= 0.3 is 24.1 Å². The van der Waals surface area contributed by atoms with Gasteiger partial charge < -0.3 is 53.0 Å². The Hall–Kier alpha value is -7.64. The van der Waals surface area contributed by atoms with Gasteiger partial charge in [-0.15, -0.1) is 20.4 Å². The number of aromatic nitrogens is 4. The van der Waals surface area contributed by atoms with E-state index in [1.807, 2.05) is 0 Å². The molecular weight excluding hydrogens is 992 g/mol. The minimum atomic E-state index is -4.57. The van der Waals surface area contributed by atoms with Gasteiger partial charge in [-0.3, -0.25) is 38.4 Å². The van der Waals surface area contributed by atoms with Crippen LogP contribution in [0.2, 0.25) is 0 Å². The number of unbranched alkanes of at least 4 members (excludes halogenated alkanes) is 1. The molecule has 1 aromatic heterocycles. The lowest BCUT2D eigenvalue weighted by Gasteiger charge is -2.29. The molecule has 11 N–H and O–H groups in total. The van der Waals surface area contributed by atoms with E-state index < -0.39 is 132 Å². The normalized spacial score (nSPS) is 14.3. The zero-order valence-corrected chi connectivity index (χ0v) is 42.6. The van der Waals surface area contributed by atoms with Gasteiger partial charge in [0.25, 0.3) is 5.91 Å². The molecule has 0 spiro atoms. The van der Waals surface area contributed by atoms with E-state index in [2.05, 4.69) is 52.3 Å². The van der Waals surface area contributed by atoms with Crippen LogP contribution in [0.1, 0.15) is 114 Å². The fourth-order valence-electron chi connectivity index (χ4n) is 7.39. The second-order valence-corrected chi connectivity index (χ2v) is 18.9. The molecule has 2 aromatic carbocycles. The first kappa shape index (κ1) is 61.7. The molecule has 23 nitrogen and oxygen atoms in total. The lowest BCUT2D eigenvalue weighted by Crippen LogP contribution is -2.60. The Labute approximate surface area is 430 Å². The average molecular weight is 1060 g/mol. The fourth-order valence-corrected chi connectivity index (χ4v) is 7.39. The van der Waals surface area contributed by atoms with E-state index in [0.29, 0.717) is 30.4 Å². The molecule has 6 amide bonds. The Morgan fingerprint density at radius 1 is 0.640 bits per heavy atom. The third-order valence-corrected chi connectivity index (χ3v) is 11.8. The number of benzene rings is 2. The van der Waals surface area contributed by atoms with Gasteiger partial charge in [0.15, 0.2) is 0 Å². The molecule has 75 heavy (non-hydrogen) atoms. The van der Waals surface area contributed by atoms with Crippen LogP contribution in [-0.4, -0.2) is 132 Å². The minimum Gasteiger partial charge on any atom is -0.481 e. The zero-order chi connectivity index (χ0) is 56.3. The zero-order valence-electron chi connectivity index (χ0n) is 42.6. The van der Waals surface area contributed by atoms with Gasteiger partial charge in [0, 0.05) is 29.7 Å². The van der Waals surface area contributed by atoms with E-state index in [-0.39, 0.29) is 48.1 Å². The molecule has 7 unspecified atom stereocenters. The highest BCUT2D eigenvalue weighted by atomic mass is 19.4. The van der Waals surface area contributed by atoms with E-state index >= 15 is 0 Å². The number of nitrogens with zero attached hydrogens (tertiary/aromatic N) is 4. The number of rotatable bonds is 29. The maximum atomic E-state index is 13.9. The van der Waals surface area contributed by atoms with Gasteiger partial charge in [-0.25, -0.2) is 4.79 Å². The van der Waals surface area contributed by atoms with Crippen molar-refractivity contribution in [3.63, 3.8) is 0 Å². The first-order valence-corrected chi connectivity index (χ1v) is 24.2. The number of nitrogens with one attached hydrogen (secondary N) is 6. The third kappa shape index (κ3) is 20.0. The molecule has 1 heterocycles. The number of carboxylic acids is 3. The van der Waals surface area contributed by atoms with Crippen LogP contribution in [0.3, 0.4) is 0 Å². The van der Waals surface area contributed by atoms with E-state index in [9.17, 15) is 71.6 Å². The van der Waals surface area contributed by atoms with Crippen molar-refractivity contribution in [1.29, 1.82) is 0 Å². The Morgan fingerprint density at radius 3 is 1.72 bits per heavy atom. The quantitative estimate of drug-likeness (QED) is 0.0447. The fraction of sp³-hybridized carbons (Fsp3) is 0.531. The second-order valence-electron chi connectivity index (χ2n) is 18.9. The maximum Gasteiger partial charge on any atom is 0.416 e. The summed E-state index contributed by atoms with van der Waals surface area (Å²) >= 11 is 0. The summed E-state index contributed by atoms with van der Waals surface area (Å²) in [5.41, 5.74) is 6.44. The molecule has 0 fully saturated rings. The van der Waals surface area contributed by atoms with Gasteiger partial charge in [0.2, 0.25) is 41.2 Å². The number of aryl methyl sites for hydroxylation is 1. The summed E-state index contributed by atoms with van der Waals surface area (Å²) in [5.74, 6) is -10.7. The molecule has 3 rings (SSSR count). The van der Waals surface area contributed by atoms with Crippen LogP contribution < -0.4 is 37.6 Å². The van der Waals surface area contributed by atoms with Crippen molar-refractivity contribution in [3.05, 3.63) is 59.2 Å². The van der Waals surface area contributed by atoms with Crippen molar-refractivity contribution in [1.82, 2.24) is 52.3 Å². The standard InChI is InChI=1S/C49H66F3N11O12/c1-8-27(7)39(47(73)57-34(19-24(2)3)45(71)56-35(23-37(66)67)46(72)58-38(25(4)5)48(74)75)59-44(70)33(16-17-36(64)65)55-43(69)32(53)11-9-10-18-54-42(68)29-14-12-28(13-15-29)40-60-62-41(63-61-40)30-20-26(6)21-31(22-30)49(50,51)52/h12-15,20-22,24-25,27,32-35,38-39H,8-11,16-19,23,53H2,1-7H3,(H,54,68)(H,55,69)(H,56,71)(H,57,73)(H,58,72)(H,59,70)(H,64,65)(H,66,67)(H,74,75). The van der Waals surface area contributed by atoms with Crippen LogP contribution in [0.15, 0.2) is 42.5 Å². The van der Waals surface area contributed by atoms with Crippen molar-refractivity contribution >= 4 is 53.4 Å².